The van der Waals surface area contributed by atoms with Crippen LogP contribution in [0.5, 0.6) is 0 Å². The number of hydrogen-bond acceptors (Lipinski definition) is 4. The van der Waals surface area contributed by atoms with Gasteiger partial charge >= 0.3 is 0 Å². The van der Waals surface area contributed by atoms with E-state index >= 15 is 0 Å². The van der Waals surface area contributed by atoms with E-state index in [2.05, 4.69) is 75.5 Å². The van der Waals surface area contributed by atoms with Crippen molar-refractivity contribution >= 4 is 11.6 Å². The average Bonchev–Trinajstić information content (AvgIpc) is 3.19. The summed E-state index contributed by atoms with van der Waals surface area (Å²) in [6.45, 7) is 8.65. The largest absolute Gasteiger partial charge is 0.375 e. The van der Waals surface area contributed by atoms with Crippen molar-refractivity contribution in [2.45, 2.75) is 46.1 Å². The smallest absolute Gasteiger partial charge is 0.191 e. The second-order valence-corrected chi connectivity index (χ2v) is 6.84. The third-order valence-electron chi connectivity index (χ3n) is 4.60. The summed E-state index contributed by atoms with van der Waals surface area (Å²) in [5, 5.41) is 15.0. The fourth-order valence-corrected chi connectivity index (χ4v) is 2.90. The van der Waals surface area contributed by atoms with Crippen molar-refractivity contribution in [1.29, 1.82) is 0 Å². The molecule has 0 aliphatic carbocycles. The maximum Gasteiger partial charge on any atom is 0.191 e. The van der Waals surface area contributed by atoms with Gasteiger partial charge in [0.25, 0.3) is 0 Å². The molecule has 0 fully saturated rings. The predicted molar refractivity (Wildman–Crippen MR) is 117 cm³/mol. The molecule has 0 unspecified atom stereocenters. The van der Waals surface area contributed by atoms with Gasteiger partial charge in [-0.05, 0) is 25.0 Å². The lowest BCUT2D eigenvalue weighted by atomic mass is 10.3. The standard InChI is InChI=1S/C21H35N7/c1-4-6-13-22-21(24-15-17-28-18-25-26-20(28)5-2)23-14-10-16-27(3)19-11-8-7-9-12-19/h7-9,11-12,18H,4-6,10,13-17H2,1-3H3,(H2,22,23,24). The fraction of sp³-hybridized carbons (Fsp3) is 0.571. The number of rotatable bonds is 12. The van der Waals surface area contributed by atoms with Crippen LogP contribution in [-0.2, 0) is 13.0 Å². The highest BCUT2D eigenvalue weighted by Gasteiger charge is 2.03. The van der Waals surface area contributed by atoms with Crippen molar-refractivity contribution in [3.05, 3.63) is 42.5 Å². The van der Waals surface area contributed by atoms with Crippen LogP contribution in [0.1, 0.15) is 38.9 Å². The minimum atomic E-state index is 0.797. The Bertz CT molecular complexity index is 681. The topological polar surface area (TPSA) is 70.4 Å². The Morgan fingerprint density at radius 3 is 2.64 bits per heavy atom. The van der Waals surface area contributed by atoms with Gasteiger partial charge in [0.1, 0.15) is 12.2 Å². The van der Waals surface area contributed by atoms with E-state index in [9.17, 15) is 0 Å². The highest BCUT2D eigenvalue weighted by Crippen LogP contribution is 2.10. The minimum absolute atomic E-state index is 0.797. The summed E-state index contributed by atoms with van der Waals surface area (Å²) in [7, 11) is 2.13. The van der Waals surface area contributed by atoms with E-state index in [1.54, 1.807) is 6.33 Å². The van der Waals surface area contributed by atoms with Crippen molar-refractivity contribution in [1.82, 2.24) is 25.4 Å². The number of aromatic nitrogens is 3. The Morgan fingerprint density at radius 1 is 1.11 bits per heavy atom. The van der Waals surface area contributed by atoms with Crippen LogP contribution in [0.25, 0.3) is 0 Å². The number of benzene rings is 1. The zero-order valence-electron chi connectivity index (χ0n) is 17.6. The summed E-state index contributed by atoms with van der Waals surface area (Å²) >= 11 is 0. The molecule has 2 N–H and O–H groups in total. The van der Waals surface area contributed by atoms with Gasteiger partial charge in [0, 0.05) is 51.9 Å². The van der Waals surface area contributed by atoms with E-state index in [0.717, 1.165) is 63.8 Å². The van der Waals surface area contributed by atoms with Gasteiger partial charge < -0.3 is 20.1 Å². The van der Waals surface area contributed by atoms with E-state index in [4.69, 9.17) is 4.99 Å². The van der Waals surface area contributed by atoms with Crippen LogP contribution in [0.15, 0.2) is 41.7 Å². The molecule has 0 amide bonds. The van der Waals surface area contributed by atoms with E-state index in [0.29, 0.717) is 0 Å². The van der Waals surface area contributed by atoms with Gasteiger partial charge in [0.15, 0.2) is 5.96 Å². The van der Waals surface area contributed by atoms with Crippen LogP contribution in [-0.4, -0.2) is 54.0 Å². The molecular weight excluding hydrogens is 350 g/mol. The number of aliphatic imine (C=N–C) groups is 1. The molecule has 1 heterocycles. The lowest BCUT2D eigenvalue weighted by Crippen LogP contribution is -2.39. The molecule has 28 heavy (non-hydrogen) atoms. The van der Waals surface area contributed by atoms with Gasteiger partial charge in [-0.15, -0.1) is 10.2 Å². The molecule has 0 aliphatic heterocycles. The zero-order chi connectivity index (χ0) is 20.0. The lowest BCUT2D eigenvalue weighted by Gasteiger charge is -2.18. The molecule has 0 saturated heterocycles. The number of aryl methyl sites for hydroxylation is 1. The average molecular weight is 386 g/mol. The number of nitrogens with one attached hydrogen (secondary N) is 2. The number of nitrogens with zero attached hydrogens (tertiary/aromatic N) is 5. The van der Waals surface area contributed by atoms with E-state index in [1.807, 2.05) is 6.07 Å². The van der Waals surface area contributed by atoms with Crippen LogP contribution >= 0.6 is 0 Å². The van der Waals surface area contributed by atoms with Gasteiger partial charge in [0.05, 0.1) is 0 Å². The van der Waals surface area contributed by atoms with Crippen molar-refractivity contribution in [3.8, 4) is 0 Å². The first-order valence-corrected chi connectivity index (χ1v) is 10.4. The number of para-hydroxylation sites is 1. The number of unbranched alkanes of at least 4 members (excludes halogenated alkanes) is 1. The second kappa shape index (κ2) is 12.8. The Kier molecular flexibility index (Phi) is 9.89. The van der Waals surface area contributed by atoms with Crippen LogP contribution in [0.2, 0.25) is 0 Å². The highest BCUT2D eigenvalue weighted by atomic mass is 15.3. The van der Waals surface area contributed by atoms with E-state index in [-0.39, 0.29) is 0 Å². The first-order valence-electron chi connectivity index (χ1n) is 10.4. The molecule has 0 radical (unpaired) electrons. The summed E-state index contributed by atoms with van der Waals surface area (Å²) in [4.78, 5) is 7.02. The Labute approximate surface area is 169 Å². The molecule has 1 aromatic heterocycles. The molecule has 7 nitrogen and oxygen atoms in total. The van der Waals surface area contributed by atoms with Crippen molar-refractivity contribution in [2.24, 2.45) is 4.99 Å². The second-order valence-electron chi connectivity index (χ2n) is 6.84. The SMILES string of the molecule is CCCCNC(=NCCCN(C)c1ccccc1)NCCn1cnnc1CC. The van der Waals surface area contributed by atoms with E-state index < -0.39 is 0 Å². The van der Waals surface area contributed by atoms with Gasteiger partial charge in [-0.1, -0.05) is 38.5 Å². The number of anilines is 1. The van der Waals surface area contributed by atoms with Gasteiger partial charge in [-0.3, -0.25) is 4.99 Å². The third-order valence-corrected chi connectivity index (χ3v) is 4.60. The van der Waals surface area contributed by atoms with Gasteiger partial charge in [0.2, 0.25) is 0 Å². The molecule has 2 aromatic rings. The zero-order valence-corrected chi connectivity index (χ0v) is 17.6. The fourth-order valence-electron chi connectivity index (χ4n) is 2.90. The van der Waals surface area contributed by atoms with Gasteiger partial charge in [-0.2, -0.15) is 0 Å². The summed E-state index contributed by atoms with van der Waals surface area (Å²) in [5.41, 5.74) is 1.24. The number of guanidine groups is 1. The molecular formula is C21H35N7. The highest BCUT2D eigenvalue weighted by molar-refractivity contribution is 5.79. The molecule has 0 saturated carbocycles. The van der Waals surface area contributed by atoms with Gasteiger partial charge in [-0.25, -0.2) is 0 Å². The molecule has 0 spiro atoms. The number of hydrogen-bond donors (Lipinski definition) is 2. The third kappa shape index (κ3) is 7.58. The van der Waals surface area contributed by atoms with Crippen LogP contribution in [0, 0.1) is 0 Å². The Balaban J connectivity index is 1.78. The van der Waals surface area contributed by atoms with Crippen molar-refractivity contribution in [2.75, 3.05) is 38.1 Å². The molecule has 2 rings (SSSR count). The molecule has 0 aliphatic rings. The molecule has 154 valence electrons. The maximum atomic E-state index is 4.75. The Hall–Kier alpha value is -2.57. The monoisotopic (exact) mass is 385 g/mol. The lowest BCUT2D eigenvalue weighted by molar-refractivity contribution is 0.628. The summed E-state index contributed by atoms with van der Waals surface area (Å²) in [6, 6.07) is 10.5. The van der Waals surface area contributed by atoms with Crippen LogP contribution in [0.4, 0.5) is 5.69 Å². The summed E-state index contributed by atoms with van der Waals surface area (Å²) < 4.78 is 2.09. The normalized spacial score (nSPS) is 11.5. The maximum absolute atomic E-state index is 4.75. The Morgan fingerprint density at radius 2 is 1.89 bits per heavy atom. The molecule has 0 atom stereocenters. The van der Waals surface area contributed by atoms with Crippen molar-refractivity contribution in [3.63, 3.8) is 0 Å². The molecule has 7 heteroatoms. The predicted octanol–water partition coefficient (Wildman–Crippen LogP) is 2.70. The summed E-state index contributed by atoms with van der Waals surface area (Å²) in [5.74, 6) is 1.91. The van der Waals surface area contributed by atoms with Crippen LogP contribution in [0.3, 0.4) is 0 Å². The molecule has 0 bridgehead atoms. The minimum Gasteiger partial charge on any atom is -0.375 e. The van der Waals surface area contributed by atoms with E-state index in [1.165, 1.54) is 12.1 Å². The van der Waals surface area contributed by atoms with Crippen molar-refractivity contribution < 1.29 is 0 Å². The first kappa shape index (κ1) is 21.7. The quantitative estimate of drug-likeness (QED) is 0.334. The molecule has 1 aromatic carbocycles. The first-order chi connectivity index (χ1) is 13.7. The summed E-state index contributed by atoms with van der Waals surface area (Å²) in [6.07, 6.45) is 6.01. The van der Waals surface area contributed by atoms with Crippen LogP contribution < -0.4 is 15.5 Å².